The van der Waals surface area contributed by atoms with Gasteiger partial charge in [-0.2, -0.15) is 0 Å². The molecule has 1 aromatic heterocycles. The van der Waals surface area contributed by atoms with Crippen molar-refractivity contribution >= 4 is 17.3 Å². The van der Waals surface area contributed by atoms with Crippen LogP contribution in [0.5, 0.6) is 0 Å². The molecule has 8 heteroatoms. The monoisotopic (exact) mass is 293 g/mol. The fraction of sp³-hybridized carbons (Fsp3) is 0.538. The molecular formula is C13H19N5O3. The molecule has 8 nitrogen and oxygen atoms in total. The lowest BCUT2D eigenvalue weighted by Gasteiger charge is -2.27. The minimum atomic E-state index is -0.547. The summed E-state index contributed by atoms with van der Waals surface area (Å²) >= 11 is 0. The van der Waals surface area contributed by atoms with E-state index in [0.717, 1.165) is 19.4 Å². The van der Waals surface area contributed by atoms with Gasteiger partial charge in [-0.3, -0.25) is 10.1 Å². The number of pyridine rings is 1. The Morgan fingerprint density at radius 3 is 2.81 bits per heavy atom. The van der Waals surface area contributed by atoms with Crippen molar-refractivity contribution in [1.29, 1.82) is 0 Å². The first-order valence-corrected chi connectivity index (χ1v) is 6.83. The van der Waals surface area contributed by atoms with Crippen molar-refractivity contribution in [2.75, 3.05) is 11.4 Å². The van der Waals surface area contributed by atoms with Crippen LogP contribution in [0.25, 0.3) is 0 Å². The lowest BCUT2D eigenvalue weighted by atomic mass is 10.1. The lowest BCUT2D eigenvalue weighted by molar-refractivity contribution is -0.385. The Hall–Kier alpha value is -2.38. The molecule has 0 saturated heterocycles. The van der Waals surface area contributed by atoms with Crippen molar-refractivity contribution in [3.8, 4) is 0 Å². The van der Waals surface area contributed by atoms with E-state index < -0.39 is 4.92 Å². The third-order valence-electron chi connectivity index (χ3n) is 3.27. The van der Waals surface area contributed by atoms with Crippen molar-refractivity contribution < 1.29 is 10.1 Å². The van der Waals surface area contributed by atoms with Crippen LogP contribution >= 0.6 is 0 Å². The van der Waals surface area contributed by atoms with E-state index in [1.54, 1.807) is 0 Å². The van der Waals surface area contributed by atoms with Gasteiger partial charge in [0.1, 0.15) is 12.0 Å². The maximum atomic E-state index is 10.9. The van der Waals surface area contributed by atoms with Gasteiger partial charge in [-0.1, -0.05) is 19.0 Å². The lowest BCUT2D eigenvalue weighted by Crippen LogP contribution is -2.33. The molecule has 0 spiro atoms. The molecule has 21 heavy (non-hydrogen) atoms. The molecule has 1 aliphatic carbocycles. The molecule has 0 aliphatic heterocycles. The number of hydrogen-bond donors (Lipinski definition) is 2. The maximum absolute atomic E-state index is 10.9. The van der Waals surface area contributed by atoms with Crippen LogP contribution in [0.1, 0.15) is 32.3 Å². The molecule has 0 radical (unpaired) electrons. The summed E-state index contributed by atoms with van der Waals surface area (Å²) in [5.74, 6) is 0.769. The topological polar surface area (TPSA) is 118 Å². The van der Waals surface area contributed by atoms with Crippen LogP contribution in [0, 0.1) is 16.0 Å². The van der Waals surface area contributed by atoms with Gasteiger partial charge in [0.15, 0.2) is 5.84 Å². The first kappa shape index (κ1) is 15.0. The number of nitrogens with zero attached hydrogens (tertiary/aromatic N) is 4. The molecule has 0 bridgehead atoms. The number of nitro groups is 1. The minimum Gasteiger partial charge on any atom is -0.409 e. The highest BCUT2D eigenvalue weighted by atomic mass is 16.6. The van der Waals surface area contributed by atoms with Gasteiger partial charge in [-0.25, -0.2) is 4.98 Å². The van der Waals surface area contributed by atoms with Crippen LogP contribution < -0.4 is 10.6 Å². The normalized spacial score (nSPS) is 15.3. The number of anilines is 1. The zero-order chi connectivity index (χ0) is 15.6. The summed E-state index contributed by atoms with van der Waals surface area (Å²) in [6.45, 7) is 4.94. The molecule has 0 unspecified atom stereocenters. The summed E-state index contributed by atoms with van der Waals surface area (Å²) in [7, 11) is 0. The van der Waals surface area contributed by atoms with E-state index in [1.807, 2.05) is 0 Å². The van der Waals surface area contributed by atoms with Crippen LogP contribution in [0.4, 0.5) is 11.5 Å². The fourth-order valence-electron chi connectivity index (χ4n) is 2.21. The van der Waals surface area contributed by atoms with Crippen molar-refractivity contribution in [2.24, 2.45) is 16.8 Å². The third-order valence-corrected chi connectivity index (χ3v) is 3.27. The second-order valence-corrected chi connectivity index (χ2v) is 5.58. The van der Waals surface area contributed by atoms with Gasteiger partial charge in [0.2, 0.25) is 0 Å². The number of aromatic nitrogens is 1. The molecule has 1 saturated carbocycles. The molecule has 1 aliphatic rings. The van der Waals surface area contributed by atoms with Gasteiger partial charge >= 0.3 is 0 Å². The van der Waals surface area contributed by atoms with Crippen LogP contribution in [-0.4, -0.2) is 33.5 Å². The van der Waals surface area contributed by atoms with E-state index >= 15 is 0 Å². The number of nitrogens with two attached hydrogens (primary N) is 1. The van der Waals surface area contributed by atoms with Crippen LogP contribution in [0.3, 0.4) is 0 Å². The van der Waals surface area contributed by atoms with E-state index in [-0.39, 0.29) is 11.5 Å². The first-order chi connectivity index (χ1) is 9.93. The number of hydrogen-bond acceptors (Lipinski definition) is 6. The van der Waals surface area contributed by atoms with Gasteiger partial charge in [-0.15, -0.1) is 0 Å². The third kappa shape index (κ3) is 3.39. The number of rotatable bonds is 6. The van der Waals surface area contributed by atoms with E-state index in [2.05, 4.69) is 28.9 Å². The predicted molar refractivity (Wildman–Crippen MR) is 78.6 cm³/mol. The second kappa shape index (κ2) is 5.94. The molecule has 0 aromatic carbocycles. The first-order valence-electron chi connectivity index (χ1n) is 6.83. The summed E-state index contributed by atoms with van der Waals surface area (Å²) < 4.78 is 0. The fourth-order valence-corrected chi connectivity index (χ4v) is 2.21. The quantitative estimate of drug-likeness (QED) is 0.271. The molecule has 3 N–H and O–H groups in total. The summed E-state index contributed by atoms with van der Waals surface area (Å²) in [5.41, 5.74) is 5.78. The van der Waals surface area contributed by atoms with E-state index in [4.69, 9.17) is 10.9 Å². The Morgan fingerprint density at radius 1 is 1.67 bits per heavy atom. The Kier molecular flexibility index (Phi) is 4.25. The van der Waals surface area contributed by atoms with Crippen molar-refractivity contribution in [1.82, 2.24) is 4.98 Å². The Morgan fingerprint density at radius 2 is 2.33 bits per heavy atom. The summed E-state index contributed by atoms with van der Waals surface area (Å²) in [6.07, 6.45) is 3.32. The van der Waals surface area contributed by atoms with E-state index in [0.29, 0.717) is 23.3 Å². The average molecular weight is 293 g/mol. The van der Waals surface area contributed by atoms with Gasteiger partial charge < -0.3 is 15.8 Å². The average Bonchev–Trinajstić information content (AvgIpc) is 3.27. The molecule has 0 atom stereocenters. The second-order valence-electron chi connectivity index (χ2n) is 5.58. The summed E-state index contributed by atoms with van der Waals surface area (Å²) in [6, 6.07) is 1.67. The van der Waals surface area contributed by atoms with Gasteiger partial charge in [0.25, 0.3) is 5.69 Å². The zero-order valence-electron chi connectivity index (χ0n) is 12.1. The summed E-state index contributed by atoms with van der Waals surface area (Å²) in [4.78, 5) is 16.6. The maximum Gasteiger partial charge on any atom is 0.288 e. The highest BCUT2D eigenvalue weighted by Gasteiger charge is 2.32. The predicted octanol–water partition coefficient (Wildman–Crippen LogP) is 1.71. The van der Waals surface area contributed by atoms with E-state index in [9.17, 15) is 10.1 Å². The molecule has 1 heterocycles. The standard InChI is InChI=1S/C13H19N5O3/c1-8(2)7-17(9-3-4-9)13-11(12(14)16-19)5-10(6-15-13)18(20)21/h5-6,8-9,19H,3-4,7H2,1-2H3,(H2,14,16). The smallest absolute Gasteiger partial charge is 0.288 e. The zero-order valence-corrected chi connectivity index (χ0v) is 12.1. The van der Waals surface area contributed by atoms with Crippen LogP contribution in [0.15, 0.2) is 17.4 Å². The Bertz CT molecular complexity index is 569. The number of amidine groups is 1. The van der Waals surface area contributed by atoms with Gasteiger partial charge in [0, 0.05) is 18.7 Å². The Balaban J connectivity index is 2.47. The van der Waals surface area contributed by atoms with Crippen molar-refractivity contribution in [2.45, 2.75) is 32.7 Å². The van der Waals surface area contributed by atoms with Crippen molar-refractivity contribution in [3.05, 3.63) is 27.9 Å². The summed E-state index contributed by atoms with van der Waals surface area (Å²) in [5, 5.41) is 22.8. The molecular weight excluding hydrogens is 274 g/mol. The molecule has 1 fully saturated rings. The van der Waals surface area contributed by atoms with Gasteiger partial charge in [-0.05, 0) is 18.8 Å². The van der Waals surface area contributed by atoms with Crippen molar-refractivity contribution in [3.63, 3.8) is 0 Å². The molecule has 2 rings (SSSR count). The van der Waals surface area contributed by atoms with Gasteiger partial charge in [0.05, 0.1) is 10.5 Å². The minimum absolute atomic E-state index is 0.171. The van der Waals surface area contributed by atoms with E-state index in [1.165, 1.54) is 12.3 Å². The highest BCUT2D eigenvalue weighted by molar-refractivity contribution is 6.02. The Labute approximate surface area is 122 Å². The number of oxime groups is 1. The largest absolute Gasteiger partial charge is 0.409 e. The van der Waals surface area contributed by atoms with Crippen LogP contribution in [-0.2, 0) is 0 Å². The SMILES string of the molecule is CC(C)CN(c1ncc([N+](=O)[O-])cc1C(N)=NO)C1CC1. The molecule has 1 aromatic rings. The van der Waals surface area contributed by atoms with Crippen LogP contribution in [0.2, 0.25) is 0 Å². The molecule has 114 valence electrons. The molecule has 0 amide bonds. The highest BCUT2D eigenvalue weighted by Crippen LogP contribution is 2.34.